The molecule has 0 atom stereocenters. The average molecular weight is 271 g/mol. The fraction of sp³-hybridized carbons (Fsp3) is 0.0909. The molecule has 2 aromatic rings. The predicted octanol–water partition coefficient (Wildman–Crippen LogP) is 2.55. The molecule has 0 aliphatic carbocycles. The van der Waals surface area contributed by atoms with Gasteiger partial charge >= 0.3 is 0 Å². The van der Waals surface area contributed by atoms with Crippen LogP contribution in [0.2, 0.25) is 10.3 Å². The second kappa shape index (κ2) is 4.77. The molecular formula is C11H8Cl2N2O2. The van der Waals surface area contributed by atoms with E-state index in [0.717, 1.165) is 0 Å². The third kappa shape index (κ3) is 2.43. The van der Waals surface area contributed by atoms with Gasteiger partial charge in [-0.25, -0.2) is 4.98 Å². The topological polar surface area (TPSA) is 44.1 Å². The lowest BCUT2D eigenvalue weighted by molar-refractivity contribution is 0.414. The summed E-state index contributed by atoms with van der Waals surface area (Å²) in [5.74, 6) is 0.702. The van der Waals surface area contributed by atoms with Gasteiger partial charge in [0, 0.05) is 5.69 Å². The lowest BCUT2D eigenvalue weighted by Crippen LogP contribution is -2.19. The summed E-state index contributed by atoms with van der Waals surface area (Å²) in [6.45, 7) is 0. The van der Waals surface area contributed by atoms with E-state index in [4.69, 9.17) is 27.9 Å². The minimum absolute atomic E-state index is 0.158. The zero-order chi connectivity index (χ0) is 12.4. The fourth-order valence-corrected chi connectivity index (χ4v) is 1.78. The van der Waals surface area contributed by atoms with Crippen molar-refractivity contribution >= 4 is 23.2 Å². The third-order valence-corrected chi connectivity index (χ3v) is 2.61. The van der Waals surface area contributed by atoms with Crippen LogP contribution in [0.1, 0.15) is 0 Å². The van der Waals surface area contributed by atoms with E-state index < -0.39 is 5.56 Å². The van der Waals surface area contributed by atoms with Gasteiger partial charge in [-0.15, -0.1) is 0 Å². The standard InChI is InChI=1S/C11H8Cl2N2O2/c1-17-8-4-2-7(3-5-8)15-6-9(12)14-10(13)11(15)16/h2-6H,1H3. The lowest BCUT2D eigenvalue weighted by Gasteiger charge is -2.07. The van der Waals surface area contributed by atoms with E-state index in [9.17, 15) is 4.79 Å². The number of rotatable bonds is 2. The summed E-state index contributed by atoms with van der Waals surface area (Å²) in [5, 5.41) is -0.00117. The normalized spacial score (nSPS) is 10.3. The second-order valence-electron chi connectivity index (χ2n) is 3.23. The van der Waals surface area contributed by atoms with Gasteiger partial charge in [0.05, 0.1) is 13.3 Å². The lowest BCUT2D eigenvalue weighted by atomic mass is 10.3. The van der Waals surface area contributed by atoms with Gasteiger partial charge in [-0.1, -0.05) is 23.2 Å². The molecule has 0 saturated carbocycles. The Morgan fingerprint density at radius 3 is 2.47 bits per heavy atom. The molecule has 0 aliphatic heterocycles. The monoisotopic (exact) mass is 270 g/mol. The first kappa shape index (κ1) is 12.0. The van der Waals surface area contributed by atoms with Crippen molar-refractivity contribution in [2.45, 2.75) is 0 Å². The maximum absolute atomic E-state index is 11.8. The van der Waals surface area contributed by atoms with Crippen LogP contribution in [0.15, 0.2) is 35.3 Å². The Balaban J connectivity index is 2.56. The molecule has 4 nitrogen and oxygen atoms in total. The minimum atomic E-state index is -0.416. The van der Waals surface area contributed by atoms with Gasteiger partial charge in [-0.3, -0.25) is 9.36 Å². The summed E-state index contributed by atoms with van der Waals surface area (Å²) in [6.07, 6.45) is 1.41. The van der Waals surface area contributed by atoms with Crippen LogP contribution in [0, 0.1) is 0 Å². The Morgan fingerprint density at radius 1 is 1.24 bits per heavy atom. The van der Waals surface area contributed by atoms with Gasteiger partial charge in [0.15, 0.2) is 5.15 Å². The number of halogens is 2. The Labute approximate surface area is 107 Å². The molecule has 0 unspecified atom stereocenters. The number of aromatic nitrogens is 2. The van der Waals surface area contributed by atoms with Crippen LogP contribution in [0.5, 0.6) is 5.75 Å². The van der Waals surface area contributed by atoms with Crippen molar-refractivity contribution in [1.29, 1.82) is 0 Å². The van der Waals surface area contributed by atoms with E-state index in [1.165, 1.54) is 10.8 Å². The van der Waals surface area contributed by atoms with Crippen LogP contribution in [0.25, 0.3) is 5.69 Å². The summed E-state index contributed by atoms with van der Waals surface area (Å²) in [6, 6.07) is 6.94. The van der Waals surface area contributed by atoms with E-state index >= 15 is 0 Å². The van der Waals surface area contributed by atoms with Gasteiger partial charge < -0.3 is 4.74 Å². The molecule has 1 aromatic heterocycles. The van der Waals surface area contributed by atoms with Gasteiger partial charge in [0.2, 0.25) is 0 Å². The molecule has 17 heavy (non-hydrogen) atoms. The van der Waals surface area contributed by atoms with Crippen molar-refractivity contribution in [2.24, 2.45) is 0 Å². The molecule has 0 amide bonds. The van der Waals surface area contributed by atoms with E-state index in [-0.39, 0.29) is 10.3 Å². The van der Waals surface area contributed by atoms with Crippen molar-refractivity contribution in [3.05, 3.63) is 51.1 Å². The Hall–Kier alpha value is -1.52. The van der Waals surface area contributed by atoms with E-state index in [2.05, 4.69) is 4.98 Å². The first-order chi connectivity index (χ1) is 8.11. The van der Waals surface area contributed by atoms with Crippen LogP contribution >= 0.6 is 23.2 Å². The van der Waals surface area contributed by atoms with Crippen LogP contribution < -0.4 is 10.3 Å². The average Bonchev–Trinajstić information content (AvgIpc) is 2.34. The highest BCUT2D eigenvalue weighted by molar-refractivity contribution is 6.32. The third-order valence-electron chi connectivity index (χ3n) is 2.19. The Bertz CT molecular complexity index is 593. The molecule has 0 fully saturated rings. The molecule has 88 valence electrons. The molecule has 0 saturated heterocycles. The Morgan fingerprint density at radius 2 is 1.88 bits per heavy atom. The number of hydrogen-bond donors (Lipinski definition) is 0. The van der Waals surface area contributed by atoms with Gasteiger partial charge in [-0.2, -0.15) is 0 Å². The largest absolute Gasteiger partial charge is 0.497 e. The van der Waals surface area contributed by atoms with E-state index in [0.29, 0.717) is 11.4 Å². The Kier molecular flexibility index (Phi) is 3.36. The molecule has 1 heterocycles. The molecule has 6 heteroatoms. The highest BCUT2D eigenvalue weighted by atomic mass is 35.5. The minimum Gasteiger partial charge on any atom is -0.497 e. The zero-order valence-electron chi connectivity index (χ0n) is 8.85. The van der Waals surface area contributed by atoms with Crippen molar-refractivity contribution in [2.75, 3.05) is 7.11 Å². The predicted molar refractivity (Wildman–Crippen MR) is 66.4 cm³/mol. The molecular weight excluding hydrogens is 263 g/mol. The quantitative estimate of drug-likeness (QED) is 0.843. The van der Waals surface area contributed by atoms with Crippen LogP contribution in [0.4, 0.5) is 0 Å². The molecule has 0 spiro atoms. The molecule has 0 radical (unpaired) electrons. The zero-order valence-corrected chi connectivity index (χ0v) is 10.4. The van der Waals surface area contributed by atoms with E-state index in [1.807, 2.05) is 0 Å². The summed E-state index contributed by atoms with van der Waals surface area (Å²) < 4.78 is 6.36. The summed E-state index contributed by atoms with van der Waals surface area (Å²) >= 11 is 11.4. The fourth-order valence-electron chi connectivity index (χ4n) is 1.37. The number of ether oxygens (including phenoxy) is 1. The van der Waals surface area contributed by atoms with Gasteiger partial charge in [0.1, 0.15) is 10.9 Å². The highest BCUT2D eigenvalue weighted by Crippen LogP contribution is 2.15. The second-order valence-corrected chi connectivity index (χ2v) is 3.97. The molecule has 1 aromatic carbocycles. The summed E-state index contributed by atoms with van der Waals surface area (Å²) in [4.78, 5) is 15.4. The van der Waals surface area contributed by atoms with Gasteiger partial charge in [0.25, 0.3) is 5.56 Å². The molecule has 0 bridgehead atoms. The van der Waals surface area contributed by atoms with Crippen LogP contribution in [-0.4, -0.2) is 16.7 Å². The number of benzene rings is 1. The van der Waals surface area contributed by atoms with Crippen molar-refractivity contribution in [1.82, 2.24) is 9.55 Å². The van der Waals surface area contributed by atoms with E-state index in [1.54, 1.807) is 31.4 Å². The van der Waals surface area contributed by atoms with Crippen LogP contribution in [0.3, 0.4) is 0 Å². The maximum Gasteiger partial charge on any atom is 0.292 e. The summed E-state index contributed by atoms with van der Waals surface area (Å²) in [7, 11) is 1.57. The van der Waals surface area contributed by atoms with Crippen molar-refractivity contribution < 1.29 is 4.74 Å². The highest BCUT2D eigenvalue weighted by Gasteiger charge is 2.07. The van der Waals surface area contributed by atoms with Crippen molar-refractivity contribution in [3.63, 3.8) is 0 Å². The smallest absolute Gasteiger partial charge is 0.292 e. The molecule has 0 aliphatic rings. The summed E-state index contributed by atoms with van der Waals surface area (Å²) in [5.41, 5.74) is 0.225. The molecule has 2 rings (SSSR count). The molecule has 0 N–H and O–H groups in total. The van der Waals surface area contributed by atoms with Crippen LogP contribution in [-0.2, 0) is 0 Å². The number of nitrogens with zero attached hydrogens (tertiary/aromatic N) is 2. The first-order valence-electron chi connectivity index (χ1n) is 4.71. The SMILES string of the molecule is COc1ccc(-n2cc(Cl)nc(Cl)c2=O)cc1. The van der Waals surface area contributed by atoms with Gasteiger partial charge in [-0.05, 0) is 24.3 Å². The maximum atomic E-state index is 11.8. The van der Waals surface area contributed by atoms with Crippen molar-refractivity contribution in [3.8, 4) is 11.4 Å². The number of hydrogen-bond acceptors (Lipinski definition) is 3. The number of methoxy groups -OCH3 is 1. The first-order valence-corrected chi connectivity index (χ1v) is 5.46.